The quantitative estimate of drug-likeness (QED) is 0.169. The zero-order chi connectivity index (χ0) is 26.5. The number of nitrogens with one attached hydrogen (secondary N) is 3. The molecular weight excluding hydrogens is 476 g/mol. The number of rotatable bonds is 10. The monoisotopic (exact) mass is 502 g/mol. The van der Waals surface area contributed by atoms with E-state index in [4.69, 9.17) is 9.47 Å². The molecule has 3 aromatic carbocycles. The number of hydrogen-bond acceptors (Lipinski definition) is 7. The van der Waals surface area contributed by atoms with Crippen LogP contribution in [0.3, 0.4) is 0 Å². The lowest BCUT2D eigenvalue weighted by molar-refractivity contribution is -0.136. The van der Waals surface area contributed by atoms with Gasteiger partial charge in [0.1, 0.15) is 5.75 Å². The van der Waals surface area contributed by atoms with E-state index < -0.39 is 17.8 Å². The van der Waals surface area contributed by atoms with E-state index in [1.807, 2.05) is 30.3 Å². The van der Waals surface area contributed by atoms with Crippen LogP contribution in [0.5, 0.6) is 5.75 Å². The molecule has 3 N–H and O–H groups in total. The van der Waals surface area contributed by atoms with Gasteiger partial charge >= 0.3 is 17.8 Å². The SMILES string of the molecule is CCOC(=O)c1ccc(NC(=O)C(=O)N/N=C\c2ccc(OCC(=O)NCc3ccccc3)cc2)cc1. The molecule has 0 bridgehead atoms. The minimum absolute atomic E-state index is 0.128. The molecule has 0 fully saturated rings. The van der Waals surface area contributed by atoms with Crippen LogP contribution in [0.2, 0.25) is 0 Å². The number of hydrazone groups is 1. The standard InChI is InChI=1S/C27H26N4O6/c1-2-36-27(35)21-10-12-22(13-11-21)30-25(33)26(34)31-29-17-20-8-14-23(15-9-20)37-18-24(32)28-16-19-6-4-3-5-7-19/h3-15,17H,2,16,18H2,1H3,(H,28,32)(H,30,33)(H,31,34)/b29-17-. The summed E-state index contributed by atoms with van der Waals surface area (Å²) in [5.41, 5.74) is 4.43. The number of anilines is 1. The predicted molar refractivity (Wildman–Crippen MR) is 137 cm³/mol. The summed E-state index contributed by atoms with van der Waals surface area (Å²) >= 11 is 0. The van der Waals surface area contributed by atoms with E-state index in [1.165, 1.54) is 30.5 Å². The van der Waals surface area contributed by atoms with Crippen molar-refractivity contribution < 1.29 is 28.7 Å². The molecule has 0 heterocycles. The van der Waals surface area contributed by atoms with E-state index in [-0.39, 0.29) is 19.1 Å². The van der Waals surface area contributed by atoms with Crippen molar-refractivity contribution in [2.45, 2.75) is 13.5 Å². The number of carbonyl (C=O) groups is 4. The molecule has 0 saturated heterocycles. The maximum absolute atomic E-state index is 12.0. The maximum atomic E-state index is 12.0. The summed E-state index contributed by atoms with van der Waals surface area (Å²) in [5, 5.41) is 8.96. The Balaban J connectivity index is 1.39. The van der Waals surface area contributed by atoms with Crippen LogP contribution in [0, 0.1) is 0 Å². The Morgan fingerprint density at radius 1 is 0.865 bits per heavy atom. The van der Waals surface area contributed by atoms with Crippen molar-refractivity contribution in [3.63, 3.8) is 0 Å². The highest BCUT2D eigenvalue weighted by molar-refractivity contribution is 6.39. The smallest absolute Gasteiger partial charge is 0.338 e. The molecule has 0 aliphatic carbocycles. The molecule has 10 heteroatoms. The molecule has 3 aromatic rings. The molecule has 10 nitrogen and oxygen atoms in total. The first kappa shape index (κ1) is 26.6. The van der Waals surface area contributed by atoms with Gasteiger partial charge in [0, 0.05) is 12.2 Å². The summed E-state index contributed by atoms with van der Waals surface area (Å²) in [6, 6.07) is 22.1. The van der Waals surface area contributed by atoms with Crippen LogP contribution in [0.15, 0.2) is 84.0 Å². The van der Waals surface area contributed by atoms with E-state index in [9.17, 15) is 19.2 Å². The third-order valence-electron chi connectivity index (χ3n) is 4.82. The van der Waals surface area contributed by atoms with E-state index in [1.54, 1.807) is 31.2 Å². The second-order valence-corrected chi connectivity index (χ2v) is 7.57. The van der Waals surface area contributed by atoms with Crippen molar-refractivity contribution in [1.29, 1.82) is 0 Å². The van der Waals surface area contributed by atoms with Gasteiger partial charge in [-0.2, -0.15) is 5.10 Å². The van der Waals surface area contributed by atoms with Crippen LogP contribution in [0.1, 0.15) is 28.4 Å². The Morgan fingerprint density at radius 3 is 2.24 bits per heavy atom. The van der Waals surface area contributed by atoms with Gasteiger partial charge in [0.2, 0.25) is 0 Å². The number of ether oxygens (including phenoxy) is 2. The van der Waals surface area contributed by atoms with Crippen molar-refractivity contribution in [2.24, 2.45) is 5.10 Å². The summed E-state index contributed by atoms with van der Waals surface area (Å²) in [6.45, 7) is 2.25. The first-order valence-corrected chi connectivity index (χ1v) is 11.4. The van der Waals surface area contributed by atoms with Crippen LogP contribution in [0.4, 0.5) is 5.69 Å². The second kappa shape index (κ2) is 13.8. The van der Waals surface area contributed by atoms with E-state index in [2.05, 4.69) is 21.2 Å². The zero-order valence-electron chi connectivity index (χ0n) is 20.1. The molecule has 0 atom stereocenters. The van der Waals surface area contributed by atoms with Gasteiger partial charge in [-0.1, -0.05) is 30.3 Å². The van der Waals surface area contributed by atoms with Crippen molar-refractivity contribution in [2.75, 3.05) is 18.5 Å². The molecule has 3 amide bonds. The largest absolute Gasteiger partial charge is 0.484 e. The molecule has 0 aliphatic rings. The van der Waals surface area contributed by atoms with Crippen LogP contribution >= 0.6 is 0 Å². The molecule has 37 heavy (non-hydrogen) atoms. The van der Waals surface area contributed by atoms with Gasteiger partial charge in [0.05, 0.1) is 18.4 Å². The Hall–Kier alpha value is -4.99. The molecule has 190 valence electrons. The summed E-state index contributed by atoms with van der Waals surface area (Å²) in [4.78, 5) is 47.6. The number of amides is 3. The lowest BCUT2D eigenvalue weighted by Gasteiger charge is -2.08. The summed E-state index contributed by atoms with van der Waals surface area (Å²) < 4.78 is 10.4. The Kier molecular flexibility index (Phi) is 9.91. The van der Waals surface area contributed by atoms with Crippen molar-refractivity contribution in [3.8, 4) is 5.75 Å². The molecular formula is C27H26N4O6. The van der Waals surface area contributed by atoms with Crippen LogP contribution in [-0.4, -0.2) is 43.1 Å². The first-order valence-electron chi connectivity index (χ1n) is 11.4. The average Bonchev–Trinajstić information content (AvgIpc) is 2.92. The van der Waals surface area contributed by atoms with Crippen molar-refractivity contribution >= 4 is 35.6 Å². The fraction of sp³-hybridized carbons (Fsp3) is 0.148. The Morgan fingerprint density at radius 2 is 1.57 bits per heavy atom. The van der Waals surface area contributed by atoms with E-state index >= 15 is 0 Å². The molecule has 3 rings (SSSR count). The zero-order valence-corrected chi connectivity index (χ0v) is 20.1. The lowest BCUT2D eigenvalue weighted by atomic mass is 10.2. The summed E-state index contributed by atoms with van der Waals surface area (Å²) in [6.07, 6.45) is 1.36. The molecule has 0 radical (unpaired) electrons. The number of hydrogen-bond donors (Lipinski definition) is 3. The highest BCUT2D eigenvalue weighted by Crippen LogP contribution is 2.12. The highest BCUT2D eigenvalue weighted by atomic mass is 16.5. The number of nitrogens with zero attached hydrogens (tertiary/aromatic N) is 1. The minimum atomic E-state index is -0.966. The van der Waals surface area contributed by atoms with E-state index in [0.29, 0.717) is 29.1 Å². The fourth-order valence-electron chi connectivity index (χ4n) is 2.95. The molecule has 0 unspecified atom stereocenters. The molecule has 0 aliphatic heterocycles. The number of esters is 1. The van der Waals surface area contributed by atoms with Crippen LogP contribution in [0.25, 0.3) is 0 Å². The topological polar surface area (TPSA) is 135 Å². The fourth-order valence-corrected chi connectivity index (χ4v) is 2.95. The summed E-state index contributed by atoms with van der Waals surface area (Å²) in [5.74, 6) is -2.12. The second-order valence-electron chi connectivity index (χ2n) is 7.57. The Bertz CT molecular complexity index is 1240. The van der Waals surface area contributed by atoms with Crippen molar-refractivity contribution in [1.82, 2.24) is 10.7 Å². The first-order chi connectivity index (χ1) is 17.9. The number of carbonyl (C=O) groups excluding carboxylic acids is 4. The Labute approximate surface area is 213 Å². The predicted octanol–water partition coefficient (Wildman–Crippen LogP) is 2.65. The average molecular weight is 503 g/mol. The normalized spacial score (nSPS) is 10.4. The van der Waals surface area contributed by atoms with Gasteiger partial charge in [0.15, 0.2) is 6.61 Å². The van der Waals surface area contributed by atoms with Gasteiger partial charge < -0.3 is 20.1 Å². The maximum Gasteiger partial charge on any atom is 0.338 e. The molecule has 0 saturated carbocycles. The van der Waals surface area contributed by atoms with Gasteiger partial charge in [-0.05, 0) is 66.6 Å². The van der Waals surface area contributed by atoms with Crippen LogP contribution < -0.4 is 20.8 Å². The molecule has 0 spiro atoms. The third kappa shape index (κ3) is 8.95. The van der Waals surface area contributed by atoms with Crippen LogP contribution in [-0.2, 0) is 25.7 Å². The minimum Gasteiger partial charge on any atom is -0.484 e. The lowest BCUT2D eigenvalue weighted by Crippen LogP contribution is -2.32. The summed E-state index contributed by atoms with van der Waals surface area (Å²) in [7, 11) is 0. The van der Waals surface area contributed by atoms with E-state index in [0.717, 1.165) is 5.56 Å². The van der Waals surface area contributed by atoms with Gasteiger partial charge in [-0.3, -0.25) is 14.4 Å². The number of benzene rings is 3. The van der Waals surface area contributed by atoms with Gasteiger partial charge in [-0.25, -0.2) is 10.2 Å². The van der Waals surface area contributed by atoms with Crippen molar-refractivity contribution in [3.05, 3.63) is 95.6 Å². The van der Waals surface area contributed by atoms with Gasteiger partial charge in [-0.15, -0.1) is 0 Å². The highest BCUT2D eigenvalue weighted by Gasteiger charge is 2.13. The molecule has 0 aromatic heterocycles. The van der Waals surface area contributed by atoms with Gasteiger partial charge in [0.25, 0.3) is 5.91 Å². The third-order valence-corrected chi connectivity index (χ3v) is 4.82.